The van der Waals surface area contributed by atoms with E-state index < -0.39 is 4.92 Å². The fraction of sp³-hybridized carbons (Fsp3) is 0.500. The van der Waals surface area contributed by atoms with Gasteiger partial charge >= 0.3 is 0 Å². The number of nitro groups is 1. The average Bonchev–Trinajstić information content (AvgIpc) is 2.31. The number of pyridine rings is 1. The molecule has 2 N–H and O–H groups in total. The summed E-state index contributed by atoms with van der Waals surface area (Å²) < 4.78 is 0. The third-order valence-corrected chi connectivity index (χ3v) is 2.65. The highest BCUT2D eigenvalue weighted by molar-refractivity contribution is 5.40. The summed E-state index contributed by atoms with van der Waals surface area (Å²) in [7, 11) is 0. The van der Waals surface area contributed by atoms with E-state index >= 15 is 0 Å². The molecule has 1 aliphatic rings. The van der Waals surface area contributed by atoms with Crippen molar-refractivity contribution in [1.82, 2.24) is 10.3 Å². The van der Waals surface area contributed by atoms with Crippen molar-refractivity contribution in [3.05, 3.63) is 28.4 Å². The summed E-state index contributed by atoms with van der Waals surface area (Å²) in [5, 5.41) is 17.0. The van der Waals surface area contributed by atoms with Crippen LogP contribution in [0.25, 0.3) is 0 Å². The Morgan fingerprint density at radius 1 is 1.44 bits per heavy atom. The van der Waals surface area contributed by atoms with Crippen LogP contribution >= 0.6 is 0 Å². The Balaban J connectivity index is 1.96. The molecule has 1 saturated heterocycles. The molecule has 0 saturated carbocycles. The van der Waals surface area contributed by atoms with E-state index in [0.717, 1.165) is 25.9 Å². The Morgan fingerprint density at radius 2 is 2.19 bits per heavy atom. The van der Waals surface area contributed by atoms with Crippen molar-refractivity contribution in [2.45, 2.75) is 18.9 Å². The minimum Gasteiger partial charge on any atom is -0.367 e. The predicted molar refractivity (Wildman–Crippen MR) is 60.4 cm³/mol. The number of nitrogens with zero attached hydrogens (tertiary/aromatic N) is 2. The van der Waals surface area contributed by atoms with Crippen molar-refractivity contribution in [1.29, 1.82) is 0 Å². The van der Waals surface area contributed by atoms with Crippen molar-refractivity contribution >= 4 is 11.5 Å². The van der Waals surface area contributed by atoms with E-state index in [4.69, 9.17) is 0 Å². The summed E-state index contributed by atoms with van der Waals surface area (Å²) in [6.45, 7) is 2.01. The molecule has 16 heavy (non-hydrogen) atoms. The minimum atomic E-state index is -0.443. The van der Waals surface area contributed by atoms with Gasteiger partial charge in [-0.2, -0.15) is 0 Å². The summed E-state index contributed by atoms with van der Waals surface area (Å²) in [6.07, 6.45) is 3.39. The van der Waals surface area contributed by atoms with Gasteiger partial charge in [0.05, 0.1) is 4.92 Å². The zero-order valence-electron chi connectivity index (χ0n) is 8.85. The molecule has 1 fully saturated rings. The van der Waals surface area contributed by atoms with Crippen LogP contribution in [0.15, 0.2) is 18.3 Å². The molecule has 0 atom stereocenters. The van der Waals surface area contributed by atoms with Gasteiger partial charge in [0, 0.05) is 12.1 Å². The van der Waals surface area contributed by atoms with Gasteiger partial charge in [-0.05, 0) is 32.0 Å². The molecule has 0 bridgehead atoms. The largest absolute Gasteiger partial charge is 0.367 e. The van der Waals surface area contributed by atoms with Crippen molar-refractivity contribution in [3.63, 3.8) is 0 Å². The lowest BCUT2D eigenvalue weighted by atomic mass is 10.1. The molecule has 6 nitrogen and oxygen atoms in total. The van der Waals surface area contributed by atoms with Gasteiger partial charge in [-0.3, -0.25) is 10.1 Å². The molecule has 0 aromatic carbocycles. The monoisotopic (exact) mass is 222 g/mol. The quantitative estimate of drug-likeness (QED) is 0.592. The second kappa shape index (κ2) is 4.89. The number of rotatable bonds is 3. The van der Waals surface area contributed by atoms with E-state index in [1.807, 2.05) is 0 Å². The van der Waals surface area contributed by atoms with Gasteiger partial charge in [0.25, 0.3) is 5.69 Å². The zero-order valence-corrected chi connectivity index (χ0v) is 8.85. The van der Waals surface area contributed by atoms with Crippen molar-refractivity contribution in [2.75, 3.05) is 18.4 Å². The summed E-state index contributed by atoms with van der Waals surface area (Å²) in [5.74, 6) is 0.706. The van der Waals surface area contributed by atoms with Crippen molar-refractivity contribution < 1.29 is 4.92 Å². The highest BCUT2D eigenvalue weighted by atomic mass is 16.6. The topological polar surface area (TPSA) is 80.1 Å². The van der Waals surface area contributed by atoms with E-state index in [9.17, 15) is 10.1 Å². The molecule has 0 radical (unpaired) electrons. The molecule has 1 aliphatic heterocycles. The number of piperidine rings is 1. The van der Waals surface area contributed by atoms with Gasteiger partial charge in [0.2, 0.25) is 0 Å². The fourth-order valence-electron chi connectivity index (χ4n) is 1.75. The smallest absolute Gasteiger partial charge is 0.287 e. The summed E-state index contributed by atoms with van der Waals surface area (Å²) >= 11 is 0. The molecule has 0 aliphatic carbocycles. The molecule has 86 valence electrons. The van der Waals surface area contributed by atoms with Crippen LogP contribution in [0.2, 0.25) is 0 Å². The SMILES string of the molecule is O=[N+]([O-])c1ccc(NC2CCNCC2)nc1. The zero-order chi connectivity index (χ0) is 11.4. The van der Waals surface area contributed by atoms with Crippen LogP contribution in [0.1, 0.15) is 12.8 Å². The Bertz CT molecular complexity index is 360. The molecule has 0 amide bonds. The first-order valence-corrected chi connectivity index (χ1v) is 5.33. The standard InChI is InChI=1S/C10H14N4O2/c15-14(16)9-1-2-10(12-7-9)13-8-3-5-11-6-4-8/h1-2,7-8,11H,3-6H2,(H,12,13). The molecule has 1 aromatic rings. The molecular formula is C10H14N4O2. The van der Waals surface area contributed by atoms with Gasteiger partial charge in [0.1, 0.15) is 12.0 Å². The third kappa shape index (κ3) is 2.66. The van der Waals surface area contributed by atoms with Gasteiger partial charge in [-0.25, -0.2) is 4.98 Å². The van der Waals surface area contributed by atoms with Crippen LogP contribution in [-0.2, 0) is 0 Å². The van der Waals surface area contributed by atoms with E-state index in [-0.39, 0.29) is 5.69 Å². The van der Waals surface area contributed by atoms with Crippen molar-refractivity contribution in [2.24, 2.45) is 0 Å². The number of nitrogens with one attached hydrogen (secondary N) is 2. The summed E-state index contributed by atoms with van der Waals surface area (Å²) in [4.78, 5) is 14.0. The molecule has 0 unspecified atom stereocenters. The van der Waals surface area contributed by atoms with E-state index in [1.165, 1.54) is 12.3 Å². The van der Waals surface area contributed by atoms with Crippen LogP contribution in [-0.4, -0.2) is 29.0 Å². The van der Waals surface area contributed by atoms with Crippen LogP contribution in [0.5, 0.6) is 0 Å². The average molecular weight is 222 g/mol. The van der Waals surface area contributed by atoms with E-state index in [1.54, 1.807) is 6.07 Å². The second-order valence-corrected chi connectivity index (χ2v) is 3.83. The Morgan fingerprint density at radius 3 is 2.75 bits per heavy atom. The number of anilines is 1. The molecule has 6 heteroatoms. The summed E-state index contributed by atoms with van der Waals surface area (Å²) in [6, 6.07) is 3.53. The van der Waals surface area contributed by atoms with E-state index in [0.29, 0.717) is 11.9 Å². The first-order chi connectivity index (χ1) is 7.75. The molecule has 0 spiro atoms. The van der Waals surface area contributed by atoms with Crippen LogP contribution in [0, 0.1) is 10.1 Å². The number of hydrogen-bond acceptors (Lipinski definition) is 5. The lowest BCUT2D eigenvalue weighted by Crippen LogP contribution is -2.35. The number of hydrogen-bond donors (Lipinski definition) is 2. The minimum absolute atomic E-state index is 0.0239. The predicted octanol–water partition coefficient (Wildman–Crippen LogP) is 1.15. The van der Waals surface area contributed by atoms with Crippen molar-refractivity contribution in [3.8, 4) is 0 Å². The number of aromatic nitrogens is 1. The lowest BCUT2D eigenvalue weighted by Gasteiger charge is -2.23. The first kappa shape index (κ1) is 10.8. The molecule has 2 heterocycles. The second-order valence-electron chi connectivity index (χ2n) is 3.83. The maximum atomic E-state index is 10.4. The normalized spacial score (nSPS) is 17.0. The van der Waals surface area contributed by atoms with Gasteiger partial charge < -0.3 is 10.6 Å². The first-order valence-electron chi connectivity index (χ1n) is 5.33. The van der Waals surface area contributed by atoms with Gasteiger partial charge in [-0.1, -0.05) is 0 Å². The van der Waals surface area contributed by atoms with Crippen LogP contribution in [0.3, 0.4) is 0 Å². The molecular weight excluding hydrogens is 208 g/mol. The van der Waals surface area contributed by atoms with Gasteiger partial charge in [-0.15, -0.1) is 0 Å². The highest BCUT2D eigenvalue weighted by Crippen LogP contribution is 2.14. The van der Waals surface area contributed by atoms with Crippen LogP contribution < -0.4 is 10.6 Å². The molecule has 2 rings (SSSR count). The summed E-state index contributed by atoms with van der Waals surface area (Å²) in [5.41, 5.74) is 0.0239. The maximum Gasteiger partial charge on any atom is 0.287 e. The lowest BCUT2D eigenvalue weighted by molar-refractivity contribution is -0.385. The maximum absolute atomic E-state index is 10.4. The Hall–Kier alpha value is -1.69. The fourth-order valence-corrected chi connectivity index (χ4v) is 1.75. The van der Waals surface area contributed by atoms with Gasteiger partial charge in [0.15, 0.2) is 0 Å². The Labute approximate surface area is 93.2 Å². The highest BCUT2D eigenvalue weighted by Gasteiger charge is 2.13. The van der Waals surface area contributed by atoms with Crippen LogP contribution in [0.4, 0.5) is 11.5 Å². The van der Waals surface area contributed by atoms with E-state index in [2.05, 4.69) is 15.6 Å². The third-order valence-electron chi connectivity index (χ3n) is 2.65. The molecule has 1 aromatic heterocycles. The Kier molecular flexibility index (Phi) is 3.31.